The van der Waals surface area contributed by atoms with E-state index in [0.29, 0.717) is 17.4 Å². The first-order valence-electron chi connectivity index (χ1n) is 27.4. The highest BCUT2D eigenvalue weighted by molar-refractivity contribution is 7.47. The van der Waals surface area contributed by atoms with Crippen molar-refractivity contribution in [3.8, 4) is 0 Å². The number of allylic oxidation sites excluding steroid dienone is 19. The van der Waals surface area contributed by atoms with Gasteiger partial charge in [0.2, 0.25) is 5.91 Å². The number of carbonyl (C=O) groups excluding carboxylic acids is 1. The maximum absolute atomic E-state index is 12.9. The molecule has 8 nitrogen and oxygen atoms in total. The van der Waals surface area contributed by atoms with Crippen LogP contribution in [0.25, 0.3) is 0 Å². The number of phosphoric ester groups is 1. The van der Waals surface area contributed by atoms with Crippen LogP contribution in [0.15, 0.2) is 122 Å². The summed E-state index contributed by atoms with van der Waals surface area (Å²) in [6.07, 6.45) is 74.4. The number of unbranched alkanes of at least 4 members (excludes halogenated alkanes) is 17. The first-order valence-corrected chi connectivity index (χ1v) is 28.9. The molecule has 0 bridgehead atoms. The van der Waals surface area contributed by atoms with Crippen LogP contribution in [0.2, 0.25) is 0 Å². The van der Waals surface area contributed by atoms with E-state index in [1.54, 1.807) is 6.08 Å². The Hall–Kier alpha value is -3.10. The quantitative estimate of drug-likeness (QED) is 0.0243. The number of likely N-dealkylation sites (N-methyl/N-ethyl adjacent to an activating group) is 1. The van der Waals surface area contributed by atoms with E-state index in [9.17, 15) is 19.4 Å². The van der Waals surface area contributed by atoms with Crippen LogP contribution in [0.3, 0.4) is 0 Å². The van der Waals surface area contributed by atoms with Crippen molar-refractivity contribution >= 4 is 13.7 Å². The van der Waals surface area contributed by atoms with Gasteiger partial charge in [-0.3, -0.25) is 13.8 Å². The van der Waals surface area contributed by atoms with E-state index in [4.69, 9.17) is 9.05 Å². The maximum atomic E-state index is 12.9. The standard InChI is InChI=1S/C60H103N2O6P/c1-6-8-10-12-14-16-18-19-20-21-22-23-24-25-26-27-28-29-30-31-32-33-34-35-36-37-38-39-40-41-42-43-44-46-48-50-52-54-60(64)61-58(57-68-69(65,66)67-56-55-62(3,4)5)59(63)53-51-49-47-45-17-15-13-11-9-7-2/h8,10,14,16,19-20,22-23,25-26,28-29,31-32,34-35,37-38,51,53,58-59,63H,6-7,9,11-13,15,17-18,21,24,27,30,33,36,39-50,52,54-57H2,1-5H3,(H-,61,64,65,66)/p+1/b10-8-,16-14-,20-19-,23-22-,26-25-,29-28-,32-31-,35-34-,38-37-,53-51+. The summed E-state index contributed by atoms with van der Waals surface area (Å²) in [5, 5.41) is 13.8. The molecule has 0 rings (SSSR count). The van der Waals surface area contributed by atoms with Gasteiger partial charge in [-0.05, 0) is 89.9 Å². The number of aliphatic hydroxyl groups excluding tert-OH is 1. The molecule has 0 spiro atoms. The number of nitrogens with one attached hydrogen (secondary N) is 1. The number of amides is 1. The van der Waals surface area contributed by atoms with Crippen molar-refractivity contribution in [1.29, 1.82) is 0 Å². The molecule has 0 saturated carbocycles. The van der Waals surface area contributed by atoms with Gasteiger partial charge >= 0.3 is 7.82 Å². The fraction of sp³-hybridized carbons (Fsp3) is 0.650. The second kappa shape index (κ2) is 49.9. The van der Waals surface area contributed by atoms with E-state index in [1.165, 1.54) is 77.0 Å². The first kappa shape index (κ1) is 65.9. The molecule has 0 aliphatic carbocycles. The summed E-state index contributed by atoms with van der Waals surface area (Å²) < 4.78 is 23.6. The summed E-state index contributed by atoms with van der Waals surface area (Å²) in [4.78, 5) is 23.2. The molecule has 3 N–H and O–H groups in total. The Morgan fingerprint density at radius 3 is 1.28 bits per heavy atom. The lowest BCUT2D eigenvalue weighted by molar-refractivity contribution is -0.870. The second-order valence-electron chi connectivity index (χ2n) is 19.2. The zero-order chi connectivity index (χ0) is 50.6. The zero-order valence-electron chi connectivity index (χ0n) is 44.8. The SMILES string of the molecule is CC/C=C\C/C=C\C/C=C\C/C=C\C/C=C\C/C=C\C/C=C\C/C=C\C/C=C\CCCCCCCCCCCC(=O)NC(COP(=O)(O)OCC[N+](C)(C)C)C(O)/C=C/CCCCCCCCCC. The Kier molecular flexibility index (Phi) is 47.6. The highest BCUT2D eigenvalue weighted by Gasteiger charge is 2.27. The predicted octanol–water partition coefficient (Wildman–Crippen LogP) is 16.6. The Balaban J connectivity index is 4.09. The normalized spacial score (nSPS) is 14.9. The lowest BCUT2D eigenvalue weighted by Gasteiger charge is -2.25. The summed E-state index contributed by atoms with van der Waals surface area (Å²) in [5.74, 6) is -0.191. The number of aliphatic hydroxyl groups is 1. The van der Waals surface area contributed by atoms with E-state index in [2.05, 4.69) is 129 Å². The van der Waals surface area contributed by atoms with Gasteiger partial charge in [-0.25, -0.2) is 4.57 Å². The summed E-state index contributed by atoms with van der Waals surface area (Å²) in [5.41, 5.74) is 0. The number of nitrogens with zero attached hydrogens (tertiary/aromatic N) is 1. The van der Waals surface area contributed by atoms with Crippen molar-refractivity contribution in [3.05, 3.63) is 122 Å². The van der Waals surface area contributed by atoms with Crippen LogP contribution in [0.5, 0.6) is 0 Å². The summed E-state index contributed by atoms with van der Waals surface area (Å²) >= 11 is 0. The summed E-state index contributed by atoms with van der Waals surface area (Å²) in [6.45, 7) is 4.65. The van der Waals surface area contributed by atoms with Gasteiger partial charge in [0.25, 0.3) is 0 Å². The van der Waals surface area contributed by atoms with Crippen molar-refractivity contribution in [2.45, 2.75) is 212 Å². The minimum Gasteiger partial charge on any atom is -0.387 e. The Morgan fingerprint density at radius 2 is 0.870 bits per heavy atom. The van der Waals surface area contributed by atoms with Crippen molar-refractivity contribution in [3.63, 3.8) is 0 Å². The lowest BCUT2D eigenvalue weighted by atomic mass is 10.0. The molecular formula is C60H104N2O6P+. The van der Waals surface area contributed by atoms with Gasteiger partial charge in [-0.1, -0.05) is 225 Å². The molecule has 0 saturated heterocycles. The van der Waals surface area contributed by atoms with E-state index >= 15 is 0 Å². The van der Waals surface area contributed by atoms with Crippen LogP contribution in [0, 0.1) is 0 Å². The smallest absolute Gasteiger partial charge is 0.387 e. The molecule has 0 heterocycles. The summed E-state index contributed by atoms with van der Waals surface area (Å²) in [6, 6.07) is -0.856. The second-order valence-corrected chi connectivity index (χ2v) is 20.7. The number of rotatable bonds is 48. The molecule has 3 unspecified atom stereocenters. The number of phosphoric acid groups is 1. The maximum Gasteiger partial charge on any atom is 0.472 e. The molecule has 0 fully saturated rings. The largest absolute Gasteiger partial charge is 0.472 e. The van der Waals surface area contributed by atoms with Crippen molar-refractivity contribution in [2.75, 3.05) is 40.9 Å². The third-order valence-electron chi connectivity index (χ3n) is 11.4. The van der Waals surface area contributed by atoms with E-state index < -0.39 is 20.0 Å². The molecule has 0 aromatic rings. The van der Waals surface area contributed by atoms with Crippen LogP contribution in [0.4, 0.5) is 0 Å². The van der Waals surface area contributed by atoms with Gasteiger partial charge in [0, 0.05) is 6.42 Å². The van der Waals surface area contributed by atoms with Gasteiger partial charge in [-0.2, -0.15) is 0 Å². The number of quaternary nitrogens is 1. The monoisotopic (exact) mass is 980 g/mol. The average Bonchev–Trinajstić information content (AvgIpc) is 3.31. The van der Waals surface area contributed by atoms with Crippen LogP contribution >= 0.6 is 7.82 Å². The molecule has 0 aromatic heterocycles. The molecule has 69 heavy (non-hydrogen) atoms. The number of hydrogen-bond donors (Lipinski definition) is 3. The molecule has 394 valence electrons. The molecule has 0 aliphatic heterocycles. The van der Waals surface area contributed by atoms with Gasteiger partial charge in [0.1, 0.15) is 13.2 Å². The van der Waals surface area contributed by atoms with Crippen molar-refractivity contribution in [1.82, 2.24) is 5.32 Å². The molecule has 0 radical (unpaired) electrons. The van der Waals surface area contributed by atoms with E-state index in [0.717, 1.165) is 103 Å². The third-order valence-corrected chi connectivity index (χ3v) is 12.4. The highest BCUT2D eigenvalue weighted by atomic mass is 31.2. The predicted molar refractivity (Wildman–Crippen MR) is 299 cm³/mol. The average molecular weight is 980 g/mol. The highest BCUT2D eigenvalue weighted by Crippen LogP contribution is 2.43. The minimum atomic E-state index is -4.35. The van der Waals surface area contributed by atoms with E-state index in [1.807, 2.05) is 27.2 Å². The van der Waals surface area contributed by atoms with Gasteiger partial charge < -0.3 is 19.8 Å². The minimum absolute atomic E-state index is 0.0543. The lowest BCUT2D eigenvalue weighted by Crippen LogP contribution is -2.45. The van der Waals surface area contributed by atoms with Crippen LogP contribution in [0.1, 0.15) is 200 Å². The molecule has 3 atom stereocenters. The van der Waals surface area contributed by atoms with Crippen LogP contribution < -0.4 is 5.32 Å². The topological polar surface area (TPSA) is 105 Å². The Labute approximate surface area is 424 Å². The first-order chi connectivity index (χ1) is 33.5. The summed E-state index contributed by atoms with van der Waals surface area (Å²) in [7, 11) is 1.55. The molecule has 1 amide bonds. The fourth-order valence-electron chi connectivity index (χ4n) is 7.15. The number of carbonyl (C=O) groups is 1. The number of hydrogen-bond acceptors (Lipinski definition) is 5. The van der Waals surface area contributed by atoms with Gasteiger partial charge in [-0.15, -0.1) is 0 Å². The van der Waals surface area contributed by atoms with Gasteiger partial charge in [0.15, 0.2) is 0 Å². The fourth-order valence-corrected chi connectivity index (χ4v) is 7.89. The molecule has 9 heteroatoms. The zero-order valence-corrected chi connectivity index (χ0v) is 45.6. The third kappa shape index (κ3) is 52.6. The van der Waals surface area contributed by atoms with Crippen LogP contribution in [-0.4, -0.2) is 73.4 Å². The molecule has 0 aliphatic rings. The Morgan fingerprint density at radius 1 is 0.507 bits per heavy atom. The van der Waals surface area contributed by atoms with Crippen molar-refractivity contribution in [2.24, 2.45) is 0 Å². The van der Waals surface area contributed by atoms with E-state index in [-0.39, 0.29) is 19.1 Å². The molecular weight excluding hydrogens is 876 g/mol. The van der Waals surface area contributed by atoms with Gasteiger partial charge in [0.05, 0.1) is 39.9 Å². The van der Waals surface area contributed by atoms with Crippen molar-refractivity contribution < 1.29 is 32.9 Å². The van der Waals surface area contributed by atoms with Crippen LogP contribution in [-0.2, 0) is 18.4 Å². The Bertz CT molecular complexity index is 1530. The molecule has 0 aromatic carbocycles.